The number of aryl methyl sites for hydroxylation is 3. The van der Waals surface area contributed by atoms with Gasteiger partial charge in [0.1, 0.15) is 0 Å². The van der Waals surface area contributed by atoms with Gasteiger partial charge in [-0.15, -0.1) is 24.2 Å². The Balaban J connectivity index is 0.00000385. The van der Waals surface area contributed by atoms with Crippen molar-refractivity contribution in [3.05, 3.63) is 53.1 Å². The molecule has 33 heavy (non-hydrogen) atoms. The van der Waals surface area contributed by atoms with Crippen LogP contribution in [0.15, 0.2) is 41.3 Å². The molecule has 0 N–H and O–H groups in total. The molecule has 0 spiro atoms. The van der Waals surface area contributed by atoms with Gasteiger partial charge in [-0.25, -0.2) is 4.98 Å². The predicted octanol–water partition coefficient (Wildman–Crippen LogP) is 6.89. The first-order valence-electron chi connectivity index (χ1n) is 11.5. The van der Waals surface area contributed by atoms with Crippen LogP contribution in [0.1, 0.15) is 43.4 Å². The van der Waals surface area contributed by atoms with Gasteiger partial charge in [0, 0.05) is 24.4 Å². The van der Waals surface area contributed by atoms with Crippen molar-refractivity contribution in [1.82, 2.24) is 9.88 Å². The maximum Gasteiger partial charge on any atom is 0.228 e. The molecule has 0 aliphatic rings. The monoisotopic (exact) mass is 505 g/mol. The lowest BCUT2D eigenvalue weighted by Crippen LogP contribution is -2.38. The molecule has 0 radical (unpaired) electrons. The molecule has 4 nitrogen and oxygen atoms in total. The minimum Gasteiger partial charge on any atom is -0.302 e. The van der Waals surface area contributed by atoms with E-state index in [0.29, 0.717) is 13.0 Å². The molecule has 7 heteroatoms. The lowest BCUT2D eigenvalue weighted by molar-refractivity contribution is -0.118. The summed E-state index contributed by atoms with van der Waals surface area (Å²) in [7, 11) is 0. The smallest absolute Gasteiger partial charge is 0.228 e. The first-order chi connectivity index (χ1) is 15.4. The zero-order valence-corrected chi connectivity index (χ0v) is 22.8. The molecule has 0 atom stereocenters. The number of fused-ring (bicyclic) bond motifs is 1. The van der Waals surface area contributed by atoms with Gasteiger partial charge < -0.3 is 4.90 Å². The summed E-state index contributed by atoms with van der Waals surface area (Å²) >= 11 is 3.45. The molecular formula is C26H36ClN3OS2. The second-order valence-corrected chi connectivity index (χ2v) is 10.4. The van der Waals surface area contributed by atoms with Gasteiger partial charge in [0.2, 0.25) is 5.91 Å². The number of rotatable bonds is 11. The number of halogens is 1. The Bertz CT molecular complexity index is 1030. The van der Waals surface area contributed by atoms with E-state index in [9.17, 15) is 4.79 Å². The molecule has 0 fully saturated rings. The van der Waals surface area contributed by atoms with Gasteiger partial charge in [-0.1, -0.05) is 48.9 Å². The largest absolute Gasteiger partial charge is 0.302 e. The number of hydrogen-bond donors (Lipinski definition) is 0. The third-order valence-corrected chi connectivity index (χ3v) is 8.11. The van der Waals surface area contributed by atoms with E-state index < -0.39 is 0 Å². The van der Waals surface area contributed by atoms with Crippen molar-refractivity contribution in [3.8, 4) is 0 Å². The predicted molar refractivity (Wildman–Crippen MR) is 148 cm³/mol. The van der Waals surface area contributed by atoms with Crippen LogP contribution in [-0.2, 0) is 4.79 Å². The number of amides is 1. The summed E-state index contributed by atoms with van der Waals surface area (Å²) in [6.45, 7) is 14.2. The molecule has 0 aliphatic heterocycles. The summed E-state index contributed by atoms with van der Waals surface area (Å²) in [5.41, 5.74) is 4.74. The van der Waals surface area contributed by atoms with Gasteiger partial charge in [0.15, 0.2) is 5.13 Å². The summed E-state index contributed by atoms with van der Waals surface area (Å²) in [5, 5.41) is 0.831. The average molecular weight is 506 g/mol. The van der Waals surface area contributed by atoms with E-state index in [-0.39, 0.29) is 18.3 Å². The Morgan fingerprint density at radius 3 is 2.36 bits per heavy atom. The van der Waals surface area contributed by atoms with E-state index in [4.69, 9.17) is 4.98 Å². The number of hydrogen-bond acceptors (Lipinski definition) is 5. The maximum atomic E-state index is 13.3. The highest BCUT2D eigenvalue weighted by Gasteiger charge is 2.21. The third-order valence-electron chi connectivity index (χ3n) is 5.96. The van der Waals surface area contributed by atoms with Crippen molar-refractivity contribution in [2.75, 3.05) is 36.8 Å². The summed E-state index contributed by atoms with van der Waals surface area (Å²) in [6, 6.07) is 12.9. The van der Waals surface area contributed by atoms with E-state index >= 15 is 0 Å². The van der Waals surface area contributed by atoms with Gasteiger partial charge in [-0.05, 0) is 75.4 Å². The van der Waals surface area contributed by atoms with E-state index in [1.54, 1.807) is 11.3 Å². The Labute approximate surface area is 213 Å². The Hall–Kier alpha value is -1.60. The van der Waals surface area contributed by atoms with Gasteiger partial charge in [0.05, 0.1) is 10.2 Å². The van der Waals surface area contributed by atoms with Gasteiger partial charge in [0.25, 0.3) is 0 Å². The van der Waals surface area contributed by atoms with E-state index in [2.05, 4.69) is 75.9 Å². The molecule has 0 bridgehead atoms. The zero-order valence-electron chi connectivity index (χ0n) is 20.4. The molecule has 1 amide bonds. The minimum atomic E-state index is 0. The van der Waals surface area contributed by atoms with Crippen LogP contribution in [0.25, 0.3) is 10.2 Å². The van der Waals surface area contributed by atoms with E-state index in [1.807, 2.05) is 16.7 Å². The van der Waals surface area contributed by atoms with Crippen LogP contribution in [-0.4, -0.2) is 47.7 Å². The Kier molecular flexibility index (Phi) is 11.2. The normalized spacial score (nSPS) is 11.1. The number of thiazole rings is 1. The molecule has 3 aromatic rings. The minimum absolute atomic E-state index is 0. The maximum absolute atomic E-state index is 13.3. The standard InChI is InChI=1S/C26H35N3OS2.ClH/c1-6-28(7-2)16-17-29(26-27-25-21(5)20(4)12-15-23(25)32-26)24(30)9-8-18-31-22-13-10-19(3)11-14-22;/h10-15H,6-9,16-18H2,1-5H3;1H. The Morgan fingerprint density at radius 2 is 1.70 bits per heavy atom. The second-order valence-electron chi connectivity index (χ2n) is 8.19. The molecule has 1 heterocycles. The molecule has 0 unspecified atom stereocenters. The molecule has 1 aromatic heterocycles. The Morgan fingerprint density at radius 1 is 1.00 bits per heavy atom. The molecule has 3 rings (SSSR count). The molecular weight excluding hydrogens is 470 g/mol. The van der Waals surface area contributed by atoms with Crippen LogP contribution < -0.4 is 4.90 Å². The van der Waals surface area contributed by atoms with Crippen LogP contribution in [0.4, 0.5) is 5.13 Å². The first kappa shape index (κ1) is 27.6. The van der Waals surface area contributed by atoms with Crippen LogP contribution in [0.2, 0.25) is 0 Å². The summed E-state index contributed by atoms with van der Waals surface area (Å²) in [5.74, 6) is 1.12. The van der Waals surface area contributed by atoms with Gasteiger partial charge in [-0.2, -0.15) is 0 Å². The lowest BCUT2D eigenvalue weighted by atomic mass is 10.1. The first-order valence-corrected chi connectivity index (χ1v) is 13.3. The van der Waals surface area contributed by atoms with Crippen LogP contribution in [0.5, 0.6) is 0 Å². The average Bonchev–Trinajstić information content (AvgIpc) is 3.22. The number of likely N-dealkylation sites (N-methyl/N-ethyl adjacent to an activating group) is 1. The topological polar surface area (TPSA) is 36.4 Å². The quantitative estimate of drug-likeness (QED) is 0.210. The van der Waals surface area contributed by atoms with Crippen molar-refractivity contribution in [3.63, 3.8) is 0 Å². The van der Waals surface area contributed by atoms with Crippen molar-refractivity contribution in [2.45, 2.75) is 52.4 Å². The van der Waals surface area contributed by atoms with Crippen LogP contribution in [0, 0.1) is 20.8 Å². The van der Waals surface area contributed by atoms with Crippen molar-refractivity contribution in [2.24, 2.45) is 0 Å². The number of benzene rings is 2. The van der Waals surface area contributed by atoms with Crippen molar-refractivity contribution < 1.29 is 4.79 Å². The van der Waals surface area contributed by atoms with Crippen molar-refractivity contribution >= 4 is 56.8 Å². The number of nitrogens with zero attached hydrogens (tertiary/aromatic N) is 3. The van der Waals surface area contributed by atoms with E-state index in [1.165, 1.54) is 21.6 Å². The molecule has 180 valence electrons. The summed E-state index contributed by atoms with van der Waals surface area (Å²) < 4.78 is 1.15. The number of aromatic nitrogens is 1. The van der Waals surface area contributed by atoms with Gasteiger partial charge in [-0.3, -0.25) is 9.69 Å². The number of carbonyl (C=O) groups is 1. The fraction of sp³-hybridized carbons (Fsp3) is 0.462. The molecule has 0 saturated heterocycles. The fourth-order valence-electron chi connectivity index (χ4n) is 3.62. The van der Waals surface area contributed by atoms with Crippen LogP contribution in [0.3, 0.4) is 0 Å². The third kappa shape index (κ3) is 7.44. The number of thioether (sulfide) groups is 1. The number of carbonyl (C=O) groups excluding carboxylic acids is 1. The van der Waals surface area contributed by atoms with Gasteiger partial charge >= 0.3 is 0 Å². The van der Waals surface area contributed by atoms with Crippen molar-refractivity contribution in [1.29, 1.82) is 0 Å². The summed E-state index contributed by atoms with van der Waals surface area (Å²) in [6.07, 6.45) is 1.41. The molecule has 2 aromatic carbocycles. The second kappa shape index (κ2) is 13.3. The van der Waals surface area contributed by atoms with E-state index in [0.717, 1.165) is 47.2 Å². The number of anilines is 1. The highest BCUT2D eigenvalue weighted by Crippen LogP contribution is 2.32. The highest BCUT2D eigenvalue weighted by molar-refractivity contribution is 7.99. The SMILES string of the molecule is CCN(CC)CCN(C(=O)CCCSc1ccc(C)cc1)c1nc2c(C)c(C)ccc2s1.Cl. The zero-order chi connectivity index (χ0) is 23.1. The lowest BCUT2D eigenvalue weighted by Gasteiger charge is -2.24. The highest BCUT2D eigenvalue weighted by atomic mass is 35.5. The molecule has 0 aliphatic carbocycles. The summed E-state index contributed by atoms with van der Waals surface area (Å²) in [4.78, 5) is 23.7. The fourth-order valence-corrected chi connectivity index (χ4v) is 5.54. The molecule has 0 saturated carbocycles. The van der Waals surface area contributed by atoms with Crippen LogP contribution >= 0.6 is 35.5 Å².